The summed E-state index contributed by atoms with van der Waals surface area (Å²) in [7, 11) is 1.79. The van der Waals surface area contributed by atoms with Gasteiger partial charge in [-0.05, 0) is 32.4 Å². The Morgan fingerprint density at radius 3 is 2.82 bits per heavy atom. The molecule has 114 valence electrons. The van der Waals surface area contributed by atoms with Crippen molar-refractivity contribution in [1.29, 1.82) is 0 Å². The molecule has 0 unspecified atom stereocenters. The highest BCUT2D eigenvalue weighted by molar-refractivity contribution is 5.95. The average Bonchev–Trinajstić information content (AvgIpc) is 3.12. The Morgan fingerprint density at radius 1 is 1.41 bits per heavy atom. The highest BCUT2D eigenvalue weighted by Crippen LogP contribution is 2.27. The molecule has 0 spiro atoms. The fourth-order valence-electron chi connectivity index (χ4n) is 2.51. The Bertz CT molecular complexity index is 834. The molecular formula is C16H18N4O2. The van der Waals surface area contributed by atoms with Crippen LogP contribution < -0.4 is 0 Å². The number of amides is 1. The van der Waals surface area contributed by atoms with Gasteiger partial charge in [0.1, 0.15) is 11.3 Å². The van der Waals surface area contributed by atoms with Crippen molar-refractivity contribution >= 4 is 11.6 Å². The number of aryl methyl sites for hydroxylation is 2. The Kier molecular flexibility index (Phi) is 3.44. The van der Waals surface area contributed by atoms with Crippen molar-refractivity contribution < 1.29 is 9.21 Å². The molecule has 0 atom stereocenters. The van der Waals surface area contributed by atoms with Crippen LogP contribution in [0.3, 0.4) is 0 Å². The molecule has 22 heavy (non-hydrogen) atoms. The first-order valence-corrected chi connectivity index (χ1v) is 7.16. The fourth-order valence-corrected chi connectivity index (χ4v) is 2.51. The number of fused-ring (bicyclic) bond motifs is 1. The number of hydrogen-bond acceptors (Lipinski definition) is 4. The Hall–Kier alpha value is -2.63. The van der Waals surface area contributed by atoms with E-state index in [0.29, 0.717) is 29.3 Å². The molecule has 3 rings (SSSR count). The number of aromatic nitrogens is 3. The van der Waals surface area contributed by atoms with E-state index in [9.17, 15) is 4.79 Å². The van der Waals surface area contributed by atoms with Crippen molar-refractivity contribution in [1.82, 2.24) is 19.3 Å². The van der Waals surface area contributed by atoms with Crippen LogP contribution in [0, 0.1) is 13.8 Å². The fraction of sp³-hybridized carbons (Fsp3) is 0.312. The van der Waals surface area contributed by atoms with Crippen LogP contribution in [0.25, 0.3) is 17.0 Å². The van der Waals surface area contributed by atoms with Crippen LogP contribution in [0.2, 0.25) is 0 Å². The van der Waals surface area contributed by atoms with Crippen molar-refractivity contribution in [3.05, 3.63) is 41.8 Å². The predicted octanol–water partition coefficient (Wildman–Crippen LogP) is 2.70. The van der Waals surface area contributed by atoms with Gasteiger partial charge in [-0.1, -0.05) is 0 Å². The lowest BCUT2D eigenvalue weighted by atomic mass is 10.1. The maximum Gasteiger partial charge on any atom is 0.272 e. The summed E-state index contributed by atoms with van der Waals surface area (Å²) in [4.78, 5) is 22.8. The highest BCUT2D eigenvalue weighted by Gasteiger charge is 2.22. The molecule has 0 aliphatic heterocycles. The van der Waals surface area contributed by atoms with Crippen molar-refractivity contribution in [2.24, 2.45) is 0 Å². The third-order valence-electron chi connectivity index (χ3n) is 3.75. The summed E-state index contributed by atoms with van der Waals surface area (Å²) >= 11 is 0. The molecule has 0 bridgehead atoms. The van der Waals surface area contributed by atoms with Crippen molar-refractivity contribution in [2.75, 3.05) is 13.6 Å². The molecule has 0 radical (unpaired) electrons. The molecule has 0 saturated heterocycles. The van der Waals surface area contributed by atoms with Gasteiger partial charge in [0.2, 0.25) is 0 Å². The number of oxazole rings is 1. The standard InChI is InChI=1S/C16H18N4O2/c1-5-19(4)16(21)14-11(3)18-15-12(13-7-17-9-22-13)6-10(2)8-20(14)15/h6-9H,5H2,1-4H3. The molecule has 1 amide bonds. The van der Waals surface area contributed by atoms with Gasteiger partial charge in [-0.25, -0.2) is 9.97 Å². The van der Waals surface area contributed by atoms with Gasteiger partial charge in [0, 0.05) is 19.8 Å². The lowest BCUT2D eigenvalue weighted by Crippen LogP contribution is -2.28. The lowest BCUT2D eigenvalue weighted by molar-refractivity contribution is 0.0795. The van der Waals surface area contributed by atoms with Gasteiger partial charge >= 0.3 is 0 Å². The quantitative estimate of drug-likeness (QED) is 0.746. The largest absolute Gasteiger partial charge is 0.443 e. The first-order chi connectivity index (χ1) is 10.5. The van der Waals surface area contributed by atoms with Gasteiger partial charge in [-0.2, -0.15) is 0 Å². The van der Waals surface area contributed by atoms with Gasteiger partial charge in [0.25, 0.3) is 5.91 Å². The zero-order valence-corrected chi connectivity index (χ0v) is 13.1. The van der Waals surface area contributed by atoms with E-state index in [0.717, 1.165) is 11.1 Å². The van der Waals surface area contributed by atoms with Crippen LogP contribution in [-0.4, -0.2) is 38.8 Å². The first-order valence-electron chi connectivity index (χ1n) is 7.16. The Balaban J connectivity index is 2.29. The van der Waals surface area contributed by atoms with Crippen LogP contribution in [0.5, 0.6) is 0 Å². The molecule has 3 aromatic heterocycles. The second-order valence-corrected chi connectivity index (χ2v) is 5.36. The zero-order valence-electron chi connectivity index (χ0n) is 13.1. The van der Waals surface area contributed by atoms with Crippen LogP contribution in [0.15, 0.2) is 29.3 Å². The minimum atomic E-state index is -0.0402. The van der Waals surface area contributed by atoms with Crippen molar-refractivity contribution in [2.45, 2.75) is 20.8 Å². The van der Waals surface area contributed by atoms with E-state index in [2.05, 4.69) is 9.97 Å². The van der Waals surface area contributed by atoms with E-state index >= 15 is 0 Å². The minimum Gasteiger partial charge on any atom is -0.443 e. The highest BCUT2D eigenvalue weighted by atomic mass is 16.3. The first kappa shape index (κ1) is 14.3. The molecular weight excluding hydrogens is 280 g/mol. The SMILES string of the molecule is CCN(C)C(=O)c1c(C)nc2c(-c3cnco3)cc(C)cn12. The summed E-state index contributed by atoms with van der Waals surface area (Å²) in [5.41, 5.74) is 3.84. The third-order valence-corrected chi connectivity index (χ3v) is 3.75. The Labute approximate surface area is 128 Å². The maximum absolute atomic E-state index is 12.6. The van der Waals surface area contributed by atoms with Crippen molar-refractivity contribution in [3.63, 3.8) is 0 Å². The molecule has 0 saturated carbocycles. The predicted molar refractivity (Wildman–Crippen MR) is 82.8 cm³/mol. The summed E-state index contributed by atoms with van der Waals surface area (Å²) < 4.78 is 7.25. The average molecular weight is 298 g/mol. The van der Waals surface area contributed by atoms with Crippen molar-refractivity contribution in [3.8, 4) is 11.3 Å². The van der Waals surface area contributed by atoms with E-state index in [1.54, 1.807) is 18.1 Å². The molecule has 0 aliphatic rings. The van der Waals surface area contributed by atoms with E-state index in [-0.39, 0.29) is 5.91 Å². The van der Waals surface area contributed by atoms with Crippen LogP contribution >= 0.6 is 0 Å². The normalized spacial score (nSPS) is 11.1. The molecule has 6 nitrogen and oxygen atoms in total. The number of nitrogens with zero attached hydrogens (tertiary/aromatic N) is 4. The van der Waals surface area contributed by atoms with E-state index in [1.807, 2.05) is 37.4 Å². The topological polar surface area (TPSA) is 63.6 Å². The number of rotatable bonds is 3. The molecule has 3 heterocycles. The summed E-state index contributed by atoms with van der Waals surface area (Å²) in [6.07, 6.45) is 4.96. The van der Waals surface area contributed by atoms with Crippen LogP contribution in [0.1, 0.15) is 28.7 Å². The van der Waals surface area contributed by atoms with Gasteiger partial charge in [0.05, 0.1) is 17.5 Å². The second-order valence-electron chi connectivity index (χ2n) is 5.36. The van der Waals surface area contributed by atoms with E-state index in [1.165, 1.54) is 6.39 Å². The Morgan fingerprint density at radius 2 is 2.18 bits per heavy atom. The molecule has 0 aliphatic carbocycles. The van der Waals surface area contributed by atoms with E-state index < -0.39 is 0 Å². The minimum absolute atomic E-state index is 0.0402. The lowest BCUT2D eigenvalue weighted by Gasteiger charge is -2.15. The zero-order chi connectivity index (χ0) is 15.9. The molecule has 6 heteroatoms. The van der Waals surface area contributed by atoms with Gasteiger partial charge in [-0.15, -0.1) is 0 Å². The third kappa shape index (κ3) is 2.16. The number of carbonyl (C=O) groups is 1. The number of imidazole rings is 1. The second kappa shape index (κ2) is 5.29. The van der Waals surface area contributed by atoms with Crippen LogP contribution in [0.4, 0.5) is 0 Å². The summed E-state index contributed by atoms with van der Waals surface area (Å²) in [5.74, 6) is 0.600. The molecule has 0 N–H and O–H groups in total. The number of hydrogen-bond donors (Lipinski definition) is 0. The summed E-state index contributed by atoms with van der Waals surface area (Å²) in [6, 6.07) is 1.99. The van der Waals surface area contributed by atoms with Gasteiger partial charge < -0.3 is 9.32 Å². The molecule has 0 aromatic carbocycles. The van der Waals surface area contributed by atoms with E-state index in [4.69, 9.17) is 4.42 Å². The van der Waals surface area contributed by atoms with Gasteiger partial charge in [0.15, 0.2) is 12.2 Å². The smallest absolute Gasteiger partial charge is 0.272 e. The monoisotopic (exact) mass is 298 g/mol. The molecule has 3 aromatic rings. The number of pyridine rings is 1. The number of carbonyl (C=O) groups excluding carboxylic acids is 1. The summed E-state index contributed by atoms with van der Waals surface area (Å²) in [6.45, 7) is 6.42. The molecule has 0 fully saturated rings. The van der Waals surface area contributed by atoms with Gasteiger partial charge in [-0.3, -0.25) is 9.20 Å². The maximum atomic E-state index is 12.6. The van der Waals surface area contributed by atoms with Crippen LogP contribution in [-0.2, 0) is 0 Å². The summed E-state index contributed by atoms with van der Waals surface area (Å²) in [5, 5.41) is 0.